The minimum atomic E-state index is 0.804. The molecule has 2 aromatic heterocycles. The number of rotatable bonds is 6. The molecule has 116 valence electrons. The van der Waals surface area contributed by atoms with Gasteiger partial charge in [-0.15, -0.1) is 0 Å². The van der Waals surface area contributed by atoms with Crippen molar-refractivity contribution in [3.8, 4) is 16.9 Å². The van der Waals surface area contributed by atoms with Crippen molar-refractivity contribution in [2.75, 3.05) is 19.0 Å². The Hall–Kier alpha value is -2.88. The van der Waals surface area contributed by atoms with E-state index in [4.69, 9.17) is 4.74 Å². The molecule has 1 N–H and O–H groups in total. The van der Waals surface area contributed by atoms with Crippen LogP contribution in [0.1, 0.15) is 5.69 Å². The van der Waals surface area contributed by atoms with Gasteiger partial charge in [0, 0.05) is 42.2 Å². The first kappa shape index (κ1) is 15.0. The van der Waals surface area contributed by atoms with Gasteiger partial charge < -0.3 is 10.1 Å². The zero-order valence-electron chi connectivity index (χ0n) is 13.1. The van der Waals surface area contributed by atoms with Gasteiger partial charge in [-0.25, -0.2) is 4.98 Å². The van der Waals surface area contributed by atoms with E-state index in [1.165, 1.54) is 0 Å². The van der Waals surface area contributed by atoms with E-state index in [2.05, 4.69) is 15.3 Å². The minimum absolute atomic E-state index is 0.804. The van der Waals surface area contributed by atoms with Gasteiger partial charge in [0.2, 0.25) is 0 Å². The number of para-hydroxylation sites is 1. The van der Waals surface area contributed by atoms with E-state index < -0.39 is 0 Å². The molecule has 0 aliphatic heterocycles. The van der Waals surface area contributed by atoms with Crippen LogP contribution in [0.2, 0.25) is 0 Å². The van der Waals surface area contributed by atoms with Crippen molar-refractivity contribution in [2.45, 2.75) is 6.42 Å². The third kappa shape index (κ3) is 3.86. The molecule has 23 heavy (non-hydrogen) atoms. The molecule has 0 amide bonds. The number of hydrogen-bond donors (Lipinski definition) is 1. The first-order chi connectivity index (χ1) is 11.4. The van der Waals surface area contributed by atoms with E-state index in [9.17, 15) is 0 Å². The molecule has 3 aromatic rings. The molecule has 0 radical (unpaired) electrons. The maximum atomic E-state index is 5.39. The Labute approximate surface area is 136 Å². The fourth-order valence-electron chi connectivity index (χ4n) is 2.41. The van der Waals surface area contributed by atoms with Crippen LogP contribution in [0.15, 0.2) is 67.0 Å². The molecule has 0 aliphatic carbocycles. The number of aromatic nitrogens is 2. The molecule has 0 fully saturated rings. The molecule has 0 saturated heterocycles. The summed E-state index contributed by atoms with van der Waals surface area (Å²) < 4.78 is 5.39. The summed E-state index contributed by atoms with van der Waals surface area (Å²) in [4.78, 5) is 8.78. The monoisotopic (exact) mass is 305 g/mol. The number of anilines is 1. The molecular formula is C19H19N3O. The largest absolute Gasteiger partial charge is 0.496 e. The molecule has 0 unspecified atom stereocenters. The van der Waals surface area contributed by atoms with Gasteiger partial charge in [0.15, 0.2) is 0 Å². The maximum absolute atomic E-state index is 5.39. The highest BCUT2D eigenvalue weighted by atomic mass is 16.5. The Morgan fingerprint density at radius 3 is 2.57 bits per heavy atom. The number of nitrogens with one attached hydrogen (secondary N) is 1. The van der Waals surface area contributed by atoms with Gasteiger partial charge in [-0.1, -0.05) is 24.3 Å². The van der Waals surface area contributed by atoms with Gasteiger partial charge in [0.1, 0.15) is 11.6 Å². The van der Waals surface area contributed by atoms with Crippen molar-refractivity contribution in [2.24, 2.45) is 0 Å². The quantitative estimate of drug-likeness (QED) is 0.752. The fraction of sp³-hybridized carbons (Fsp3) is 0.158. The second kappa shape index (κ2) is 7.40. The highest BCUT2D eigenvalue weighted by Crippen LogP contribution is 2.29. The van der Waals surface area contributed by atoms with E-state index in [1.54, 1.807) is 7.11 Å². The SMILES string of the molecule is COc1ccccc1-c1ccc(NCCc2ccccn2)nc1. The summed E-state index contributed by atoms with van der Waals surface area (Å²) in [5.74, 6) is 1.71. The first-order valence-corrected chi connectivity index (χ1v) is 7.60. The molecule has 0 atom stereocenters. The lowest BCUT2D eigenvalue weighted by Crippen LogP contribution is -2.07. The van der Waals surface area contributed by atoms with Crippen LogP contribution in [0.25, 0.3) is 11.1 Å². The average Bonchev–Trinajstić information content (AvgIpc) is 2.63. The molecular weight excluding hydrogens is 286 g/mol. The number of pyridine rings is 2. The summed E-state index contributed by atoms with van der Waals surface area (Å²) in [6.45, 7) is 0.804. The maximum Gasteiger partial charge on any atom is 0.126 e. The van der Waals surface area contributed by atoms with Crippen LogP contribution in [0.3, 0.4) is 0 Å². The van der Waals surface area contributed by atoms with Crippen LogP contribution in [0.4, 0.5) is 5.82 Å². The van der Waals surface area contributed by atoms with Gasteiger partial charge in [-0.3, -0.25) is 4.98 Å². The zero-order chi connectivity index (χ0) is 15.9. The van der Waals surface area contributed by atoms with Crippen molar-refractivity contribution in [3.63, 3.8) is 0 Å². The van der Waals surface area contributed by atoms with Crippen LogP contribution in [0, 0.1) is 0 Å². The van der Waals surface area contributed by atoms with Crippen LogP contribution in [-0.2, 0) is 6.42 Å². The Morgan fingerprint density at radius 1 is 0.957 bits per heavy atom. The Kier molecular flexibility index (Phi) is 4.84. The molecule has 4 heteroatoms. The van der Waals surface area contributed by atoms with E-state index in [-0.39, 0.29) is 0 Å². The normalized spacial score (nSPS) is 10.3. The highest BCUT2D eigenvalue weighted by Gasteiger charge is 2.05. The summed E-state index contributed by atoms with van der Waals surface area (Å²) >= 11 is 0. The zero-order valence-corrected chi connectivity index (χ0v) is 13.1. The second-order valence-electron chi connectivity index (χ2n) is 5.13. The van der Waals surface area contributed by atoms with Crippen molar-refractivity contribution in [3.05, 3.63) is 72.7 Å². The smallest absolute Gasteiger partial charge is 0.126 e. The second-order valence-corrected chi connectivity index (χ2v) is 5.13. The fourth-order valence-corrected chi connectivity index (χ4v) is 2.41. The topological polar surface area (TPSA) is 47.0 Å². The van der Waals surface area contributed by atoms with Crippen molar-refractivity contribution < 1.29 is 4.74 Å². The van der Waals surface area contributed by atoms with Crippen molar-refractivity contribution in [1.29, 1.82) is 0 Å². The Morgan fingerprint density at radius 2 is 1.83 bits per heavy atom. The van der Waals surface area contributed by atoms with Crippen LogP contribution in [0.5, 0.6) is 5.75 Å². The van der Waals surface area contributed by atoms with Gasteiger partial charge in [0.05, 0.1) is 7.11 Å². The Bertz CT molecular complexity index is 742. The van der Waals surface area contributed by atoms with E-state index >= 15 is 0 Å². The van der Waals surface area contributed by atoms with Gasteiger partial charge >= 0.3 is 0 Å². The molecule has 4 nitrogen and oxygen atoms in total. The van der Waals surface area contributed by atoms with Crippen LogP contribution in [-0.4, -0.2) is 23.6 Å². The van der Waals surface area contributed by atoms with E-state index in [1.807, 2.05) is 67.0 Å². The number of ether oxygens (including phenoxy) is 1. The lowest BCUT2D eigenvalue weighted by Gasteiger charge is -2.09. The molecule has 0 bridgehead atoms. The summed E-state index contributed by atoms with van der Waals surface area (Å²) in [6, 6.07) is 17.9. The summed E-state index contributed by atoms with van der Waals surface area (Å²) in [6.07, 6.45) is 4.55. The van der Waals surface area contributed by atoms with Crippen LogP contribution < -0.4 is 10.1 Å². The standard InChI is InChI=1S/C19H19N3O/c1-23-18-8-3-2-7-17(18)15-9-10-19(22-14-15)21-13-11-16-6-4-5-12-20-16/h2-10,12,14H,11,13H2,1H3,(H,21,22). The molecule has 0 saturated carbocycles. The summed E-state index contributed by atoms with van der Waals surface area (Å²) in [5, 5.41) is 3.32. The van der Waals surface area contributed by atoms with Crippen molar-refractivity contribution in [1.82, 2.24) is 9.97 Å². The third-order valence-electron chi connectivity index (χ3n) is 3.59. The molecule has 3 rings (SSSR count). The number of hydrogen-bond acceptors (Lipinski definition) is 4. The number of nitrogens with zero attached hydrogens (tertiary/aromatic N) is 2. The van der Waals surface area contributed by atoms with E-state index in [0.717, 1.165) is 41.4 Å². The predicted octanol–water partition coefficient (Wildman–Crippen LogP) is 3.81. The summed E-state index contributed by atoms with van der Waals surface area (Å²) in [5.41, 5.74) is 3.16. The van der Waals surface area contributed by atoms with Crippen molar-refractivity contribution >= 4 is 5.82 Å². The third-order valence-corrected chi connectivity index (χ3v) is 3.59. The lowest BCUT2D eigenvalue weighted by atomic mass is 10.1. The predicted molar refractivity (Wildman–Crippen MR) is 92.7 cm³/mol. The van der Waals surface area contributed by atoms with Gasteiger partial charge in [0.25, 0.3) is 0 Å². The van der Waals surface area contributed by atoms with E-state index in [0.29, 0.717) is 0 Å². The minimum Gasteiger partial charge on any atom is -0.496 e. The number of methoxy groups -OCH3 is 1. The molecule has 1 aromatic carbocycles. The lowest BCUT2D eigenvalue weighted by molar-refractivity contribution is 0.416. The van der Waals surface area contributed by atoms with Gasteiger partial charge in [-0.05, 0) is 30.3 Å². The first-order valence-electron chi connectivity index (χ1n) is 7.60. The molecule has 0 aliphatic rings. The Balaban J connectivity index is 1.63. The average molecular weight is 305 g/mol. The van der Waals surface area contributed by atoms with Gasteiger partial charge in [-0.2, -0.15) is 0 Å². The molecule has 2 heterocycles. The summed E-state index contributed by atoms with van der Waals surface area (Å²) in [7, 11) is 1.68. The highest BCUT2D eigenvalue weighted by molar-refractivity contribution is 5.70. The number of benzene rings is 1. The van der Waals surface area contributed by atoms with Crippen LogP contribution >= 0.6 is 0 Å². The molecule has 0 spiro atoms.